The topological polar surface area (TPSA) is 71.7 Å². The molecule has 0 saturated carbocycles. The second-order valence-electron chi connectivity index (χ2n) is 6.11. The van der Waals surface area contributed by atoms with Crippen LogP contribution in [0.4, 0.5) is 0 Å². The molecule has 1 amide bonds. The highest BCUT2D eigenvalue weighted by atomic mass is 16.5. The molecule has 1 atom stereocenters. The van der Waals surface area contributed by atoms with Crippen LogP contribution in [-0.2, 0) is 11.3 Å². The van der Waals surface area contributed by atoms with Gasteiger partial charge in [-0.2, -0.15) is 0 Å². The molecule has 1 aromatic heterocycles. The van der Waals surface area contributed by atoms with E-state index < -0.39 is 5.91 Å². The molecule has 2 saturated heterocycles. The van der Waals surface area contributed by atoms with Crippen LogP contribution in [0.1, 0.15) is 29.0 Å². The maximum atomic E-state index is 11.2. The molecule has 0 bridgehead atoms. The third kappa shape index (κ3) is 4.03. The number of hydrogen-bond donors (Lipinski definition) is 1. The molecular formula is C16H24N4O2. The summed E-state index contributed by atoms with van der Waals surface area (Å²) in [6.07, 6.45) is 2.88. The minimum Gasteiger partial charge on any atom is -0.374 e. The van der Waals surface area contributed by atoms with Gasteiger partial charge in [0, 0.05) is 26.2 Å². The van der Waals surface area contributed by atoms with Crippen molar-refractivity contribution in [1.82, 2.24) is 14.8 Å². The zero-order chi connectivity index (χ0) is 15.4. The highest BCUT2D eigenvalue weighted by Crippen LogP contribution is 2.14. The van der Waals surface area contributed by atoms with Crippen molar-refractivity contribution in [1.29, 1.82) is 0 Å². The van der Waals surface area contributed by atoms with Gasteiger partial charge in [0.2, 0.25) is 0 Å². The highest BCUT2D eigenvalue weighted by Gasteiger charge is 2.24. The van der Waals surface area contributed by atoms with E-state index >= 15 is 0 Å². The SMILES string of the molecule is NC(=O)c1cccc(CN2CCOC(CN3CCCC3)C2)n1. The van der Waals surface area contributed by atoms with E-state index in [1.165, 1.54) is 25.9 Å². The molecule has 2 fully saturated rings. The summed E-state index contributed by atoms with van der Waals surface area (Å²) in [7, 11) is 0. The molecule has 2 aliphatic rings. The molecule has 2 N–H and O–H groups in total. The van der Waals surface area contributed by atoms with Crippen molar-refractivity contribution in [2.75, 3.05) is 39.3 Å². The second kappa shape index (κ2) is 7.17. The number of aromatic nitrogens is 1. The summed E-state index contributed by atoms with van der Waals surface area (Å²) >= 11 is 0. The average Bonchev–Trinajstić information content (AvgIpc) is 3.01. The fraction of sp³-hybridized carbons (Fsp3) is 0.625. The zero-order valence-corrected chi connectivity index (χ0v) is 12.9. The van der Waals surface area contributed by atoms with E-state index in [4.69, 9.17) is 10.5 Å². The van der Waals surface area contributed by atoms with Gasteiger partial charge < -0.3 is 15.4 Å². The average molecular weight is 304 g/mol. The number of hydrogen-bond acceptors (Lipinski definition) is 5. The Morgan fingerprint density at radius 1 is 1.27 bits per heavy atom. The molecule has 1 unspecified atom stereocenters. The number of amides is 1. The van der Waals surface area contributed by atoms with Gasteiger partial charge in [-0.3, -0.25) is 9.69 Å². The van der Waals surface area contributed by atoms with Crippen LogP contribution in [0.25, 0.3) is 0 Å². The highest BCUT2D eigenvalue weighted by molar-refractivity contribution is 5.90. The first kappa shape index (κ1) is 15.4. The van der Waals surface area contributed by atoms with Crippen LogP contribution < -0.4 is 5.73 Å². The molecule has 0 aliphatic carbocycles. The first-order valence-electron chi connectivity index (χ1n) is 8.03. The number of morpholine rings is 1. The summed E-state index contributed by atoms with van der Waals surface area (Å²) in [5.41, 5.74) is 6.51. The lowest BCUT2D eigenvalue weighted by Gasteiger charge is -2.34. The smallest absolute Gasteiger partial charge is 0.267 e. The van der Waals surface area contributed by atoms with Crippen LogP contribution in [0.2, 0.25) is 0 Å². The molecule has 0 radical (unpaired) electrons. The summed E-state index contributed by atoms with van der Waals surface area (Å²) < 4.78 is 5.89. The molecule has 1 aromatic rings. The lowest BCUT2D eigenvalue weighted by molar-refractivity contribution is -0.0437. The fourth-order valence-corrected chi connectivity index (χ4v) is 3.22. The van der Waals surface area contributed by atoms with Gasteiger partial charge in [0.25, 0.3) is 5.91 Å². The van der Waals surface area contributed by atoms with Crippen LogP contribution in [0.15, 0.2) is 18.2 Å². The molecule has 2 aliphatic heterocycles. The van der Waals surface area contributed by atoms with Crippen molar-refractivity contribution >= 4 is 5.91 Å². The van der Waals surface area contributed by atoms with E-state index in [0.29, 0.717) is 5.69 Å². The van der Waals surface area contributed by atoms with Crippen molar-refractivity contribution < 1.29 is 9.53 Å². The molecule has 120 valence electrons. The van der Waals surface area contributed by atoms with E-state index in [0.717, 1.165) is 38.5 Å². The molecule has 3 heterocycles. The predicted molar refractivity (Wildman–Crippen MR) is 83.4 cm³/mol. The van der Waals surface area contributed by atoms with Crippen molar-refractivity contribution in [3.05, 3.63) is 29.6 Å². The Kier molecular flexibility index (Phi) is 5.02. The standard InChI is InChI=1S/C16H24N4O2/c17-16(21)15-5-3-4-13(18-15)10-20-8-9-22-14(12-20)11-19-6-1-2-7-19/h3-5,14H,1-2,6-12H2,(H2,17,21). The van der Waals surface area contributed by atoms with Crippen molar-refractivity contribution in [2.45, 2.75) is 25.5 Å². The van der Waals surface area contributed by atoms with Gasteiger partial charge in [0.05, 0.1) is 18.4 Å². The van der Waals surface area contributed by atoms with Gasteiger partial charge in [-0.05, 0) is 38.1 Å². The normalized spacial score (nSPS) is 23.7. The molecule has 0 spiro atoms. The summed E-state index contributed by atoms with van der Waals surface area (Å²) in [4.78, 5) is 20.4. The van der Waals surface area contributed by atoms with Crippen molar-refractivity contribution in [2.24, 2.45) is 5.73 Å². The zero-order valence-electron chi connectivity index (χ0n) is 12.9. The maximum absolute atomic E-state index is 11.2. The Bertz CT molecular complexity index is 517. The lowest BCUT2D eigenvalue weighted by atomic mass is 10.2. The molecular weight excluding hydrogens is 280 g/mol. The van der Waals surface area contributed by atoms with Gasteiger partial charge in [-0.25, -0.2) is 4.98 Å². The predicted octanol–water partition coefficient (Wildman–Crippen LogP) is 0.477. The van der Waals surface area contributed by atoms with E-state index in [-0.39, 0.29) is 6.10 Å². The van der Waals surface area contributed by atoms with Crippen LogP contribution in [-0.4, -0.2) is 66.1 Å². The Balaban J connectivity index is 1.55. The summed E-state index contributed by atoms with van der Waals surface area (Å²) in [5.74, 6) is -0.476. The molecule has 6 heteroatoms. The lowest BCUT2D eigenvalue weighted by Crippen LogP contribution is -2.46. The Labute approximate surface area is 131 Å². The number of nitrogens with two attached hydrogens (primary N) is 1. The van der Waals surface area contributed by atoms with Gasteiger partial charge in [0.1, 0.15) is 5.69 Å². The number of ether oxygens (including phenoxy) is 1. The second-order valence-corrected chi connectivity index (χ2v) is 6.11. The van der Waals surface area contributed by atoms with Crippen molar-refractivity contribution in [3.63, 3.8) is 0 Å². The van der Waals surface area contributed by atoms with E-state index in [2.05, 4.69) is 14.8 Å². The van der Waals surface area contributed by atoms with E-state index in [1.807, 2.05) is 12.1 Å². The Morgan fingerprint density at radius 2 is 2.09 bits per heavy atom. The number of carbonyl (C=O) groups is 1. The number of likely N-dealkylation sites (tertiary alicyclic amines) is 1. The van der Waals surface area contributed by atoms with Gasteiger partial charge in [-0.1, -0.05) is 6.07 Å². The van der Waals surface area contributed by atoms with Crippen LogP contribution >= 0.6 is 0 Å². The maximum Gasteiger partial charge on any atom is 0.267 e. The number of pyridine rings is 1. The van der Waals surface area contributed by atoms with Gasteiger partial charge >= 0.3 is 0 Å². The monoisotopic (exact) mass is 304 g/mol. The summed E-state index contributed by atoms with van der Waals surface area (Å²) in [6.45, 7) is 6.72. The number of rotatable bonds is 5. The minimum absolute atomic E-state index is 0.270. The van der Waals surface area contributed by atoms with Gasteiger partial charge in [-0.15, -0.1) is 0 Å². The van der Waals surface area contributed by atoms with Crippen LogP contribution in [0.3, 0.4) is 0 Å². The molecule has 0 aromatic carbocycles. The Hall–Kier alpha value is -1.50. The molecule has 3 rings (SSSR count). The summed E-state index contributed by atoms with van der Waals surface area (Å²) in [5, 5.41) is 0. The first-order valence-corrected chi connectivity index (χ1v) is 8.03. The largest absolute Gasteiger partial charge is 0.374 e. The van der Waals surface area contributed by atoms with Crippen molar-refractivity contribution in [3.8, 4) is 0 Å². The third-order valence-electron chi connectivity index (χ3n) is 4.33. The van der Waals surface area contributed by atoms with E-state index in [9.17, 15) is 4.79 Å². The quantitative estimate of drug-likeness (QED) is 0.856. The fourth-order valence-electron chi connectivity index (χ4n) is 3.22. The number of nitrogens with zero attached hydrogens (tertiary/aromatic N) is 3. The number of primary amides is 1. The van der Waals surface area contributed by atoms with Gasteiger partial charge in [0.15, 0.2) is 0 Å². The minimum atomic E-state index is -0.476. The first-order chi connectivity index (χ1) is 10.7. The summed E-state index contributed by atoms with van der Waals surface area (Å²) in [6, 6.07) is 5.43. The molecule has 22 heavy (non-hydrogen) atoms. The molecule has 6 nitrogen and oxygen atoms in total. The van der Waals surface area contributed by atoms with E-state index in [1.54, 1.807) is 6.07 Å². The number of carbonyl (C=O) groups excluding carboxylic acids is 1. The van der Waals surface area contributed by atoms with Crippen LogP contribution in [0.5, 0.6) is 0 Å². The Morgan fingerprint density at radius 3 is 2.86 bits per heavy atom. The van der Waals surface area contributed by atoms with Crippen LogP contribution in [0, 0.1) is 0 Å². The third-order valence-corrected chi connectivity index (χ3v) is 4.33.